The van der Waals surface area contributed by atoms with Gasteiger partial charge in [-0.15, -0.1) is 0 Å². The molecule has 0 unspecified atom stereocenters. The second-order valence-corrected chi connectivity index (χ2v) is 11.0. The van der Waals surface area contributed by atoms with E-state index < -0.39 is 11.8 Å². The van der Waals surface area contributed by atoms with Gasteiger partial charge in [-0.1, -0.05) is 65.8 Å². The van der Waals surface area contributed by atoms with E-state index in [-0.39, 0.29) is 39.5 Å². The Morgan fingerprint density at radius 3 is 1.73 bits per heavy atom. The van der Waals surface area contributed by atoms with Crippen LogP contribution < -0.4 is 0 Å². The molecule has 0 aliphatic heterocycles. The minimum atomic E-state index is -0.912. The molecule has 0 radical (unpaired) electrons. The number of rotatable bonds is 4. The van der Waals surface area contributed by atoms with Crippen LogP contribution in [0.1, 0.15) is 90.2 Å². The number of hydrogen-bond acceptors (Lipinski definition) is 4. The van der Waals surface area contributed by atoms with Crippen LogP contribution in [0.15, 0.2) is 35.6 Å². The molecular formula is C26H34O4. The van der Waals surface area contributed by atoms with Gasteiger partial charge in [0, 0.05) is 37.2 Å². The maximum absolute atomic E-state index is 13.2. The van der Waals surface area contributed by atoms with Gasteiger partial charge in [-0.2, -0.15) is 0 Å². The first-order valence-corrected chi connectivity index (χ1v) is 10.9. The van der Waals surface area contributed by atoms with Crippen LogP contribution in [0.2, 0.25) is 0 Å². The minimum absolute atomic E-state index is 0.0274. The Labute approximate surface area is 179 Å². The molecule has 4 heteroatoms. The molecule has 1 N–H and O–H groups in total. The number of Topliss-reactive ketones (excluding diaryl/α,β-unsaturated/α-hetero) is 3. The zero-order chi connectivity index (χ0) is 22.4. The fraction of sp³-hybridized carbons (Fsp3) is 0.577. The van der Waals surface area contributed by atoms with Crippen molar-refractivity contribution in [2.75, 3.05) is 0 Å². The van der Waals surface area contributed by atoms with Crippen LogP contribution in [-0.4, -0.2) is 22.5 Å². The molecule has 0 aromatic heterocycles. The van der Waals surface area contributed by atoms with Gasteiger partial charge < -0.3 is 5.11 Å². The summed E-state index contributed by atoms with van der Waals surface area (Å²) >= 11 is 0. The van der Waals surface area contributed by atoms with Crippen LogP contribution in [0.3, 0.4) is 0 Å². The Balaban J connectivity index is 2.14. The third-order valence-electron chi connectivity index (χ3n) is 6.50. The highest BCUT2D eigenvalue weighted by Crippen LogP contribution is 2.47. The lowest BCUT2D eigenvalue weighted by Crippen LogP contribution is -2.43. The van der Waals surface area contributed by atoms with Gasteiger partial charge in [0.05, 0.1) is 5.92 Å². The summed E-state index contributed by atoms with van der Waals surface area (Å²) in [6.07, 6.45) is 1.28. The molecule has 3 rings (SSSR count). The highest BCUT2D eigenvalue weighted by atomic mass is 16.3. The molecule has 1 saturated carbocycles. The minimum Gasteiger partial charge on any atom is -0.512 e. The number of allylic oxidation sites excluding steroid dienone is 2. The zero-order valence-electron chi connectivity index (χ0n) is 19.0. The molecule has 0 heterocycles. The Kier molecular flexibility index (Phi) is 5.83. The number of aliphatic hydroxyl groups is 1. The topological polar surface area (TPSA) is 71.4 Å². The van der Waals surface area contributed by atoms with Gasteiger partial charge in [-0.25, -0.2) is 0 Å². The van der Waals surface area contributed by atoms with Crippen LogP contribution in [0.4, 0.5) is 0 Å². The van der Waals surface area contributed by atoms with Crippen molar-refractivity contribution in [3.63, 3.8) is 0 Å². The smallest absolute Gasteiger partial charge is 0.163 e. The number of hydrogen-bond donors (Lipinski definition) is 1. The normalized spacial score (nSPS) is 23.2. The van der Waals surface area contributed by atoms with Gasteiger partial charge in [0.1, 0.15) is 17.3 Å². The summed E-state index contributed by atoms with van der Waals surface area (Å²) in [5.41, 5.74) is 1.46. The molecule has 1 atom stereocenters. The predicted molar refractivity (Wildman–Crippen MR) is 117 cm³/mol. The van der Waals surface area contributed by atoms with Gasteiger partial charge >= 0.3 is 0 Å². The number of carbonyl (C=O) groups is 3. The van der Waals surface area contributed by atoms with Gasteiger partial charge in [-0.3, -0.25) is 14.4 Å². The molecule has 0 saturated heterocycles. The first kappa shape index (κ1) is 22.5. The Bertz CT molecular complexity index is 879. The lowest BCUT2D eigenvalue weighted by molar-refractivity contribution is -0.140. The standard InChI is InChI=1S/C26H34O4/c1-15(2)16-7-9-17(10-8-16)22(23-18(27)11-25(3,4)12-19(23)28)24-20(29)13-26(5,6)14-21(24)30/h7-10,15,22-23,29H,11-14H2,1-6H3/t22-/m0/s1. The third-order valence-corrected chi connectivity index (χ3v) is 6.50. The van der Waals surface area contributed by atoms with Crippen molar-refractivity contribution in [2.45, 2.75) is 79.1 Å². The summed E-state index contributed by atoms with van der Waals surface area (Å²) in [7, 11) is 0. The van der Waals surface area contributed by atoms with Crippen molar-refractivity contribution < 1.29 is 19.5 Å². The van der Waals surface area contributed by atoms with Crippen molar-refractivity contribution in [3.8, 4) is 0 Å². The molecular weight excluding hydrogens is 376 g/mol. The maximum atomic E-state index is 13.2. The van der Waals surface area contributed by atoms with E-state index in [9.17, 15) is 19.5 Å². The van der Waals surface area contributed by atoms with Crippen LogP contribution in [0, 0.1) is 16.7 Å². The lowest BCUT2D eigenvalue weighted by atomic mass is 9.62. The molecule has 30 heavy (non-hydrogen) atoms. The van der Waals surface area contributed by atoms with E-state index in [1.807, 2.05) is 52.0 Å². The van der Waals surface area contributed by atoms with E-state index in [1.54, 1.807) is 0 Å². The van der Waals surface area contributed by atoms with E-state index in [2.05, 4.69) is 13.8 Å². The molecule has 0 spiro atoms. The van der Waals surface area contributed by atoms with E-state index in [4.69, 9.17) is 0 Å². The van der Waals surface area contributed by atoms with Crippen molar-refractivity contribution >= 4 is 17.3 Å². The summed E-state index contributed by atoms with van der Waals surface area (Å²) in [4.78, 5) is 39.5. The van der Waals surface area contributed by atoms with Crippen LogP contribution >= 0.6 is 0 Å². The Morgan fingerprint density at radius 1 is 0.800 bits per heavy atom. The van der Waals surface area contributed by atoms with Crippen molar-refractivity contribution in [1.82, 2.24) is 0 Å². The Hall–Kier alpha value is -2.23. The molecule has 2 aliphatic carbocycles. The van der Waals surface area contributed by atoms with E-state index in [0.29, 0.717) is 31.6 Å². The van der Waals surface area contributed by atoms with Gasteiger partial charge in [0.2, 0.25) is 0 Å². The maximum Gasteiger partial charge on any atom is 0.163 e. The summed E-state index contributed by atoms with van der Waals surface area (Å²) in [5.74, 6) is -1.68. The second kappa shape index (κ2) is 7.79. The van der Waals surface area contributed by atoms with Crippen molar-refractivity contribution in [1.29, 1.82) is 0 Å². The monoisotopic (exact) mass is 410 g/mol. The largest absolute Gasteiger partial charge is 0.512 e. The number of ketones is 3. The molecule has 0 amide bonds. The molecule has 1 fully saturated rings. The fourth-order valence-corrected chi connectivity index (χ4v) is 5.05. The van der Waals surface area contributed by atoms with E-state index in [1.165, 1.54) is 0 Å². The quantitative estimate of drug-likeness (QED) is 0.649. The molecule has 2 aliphatic rings. The van der Waals surface area contributed by atoms with Crippen LogP contribution in [-0.2, 0) is 14.4 Å². The fourth-order valence-electron chi connectivity index (χ4n) is 5.05. The Morgan fingerprint density at radius 2 is 1.27 bits per heavy atom. The molecule has 4 nitrogen and oxygen atoms in total. The van der Waals surface area contributed by atoms with Gasteiger partial charge in [-0.05, 0) is 27.9 Å². The summed E-state index contributed by atoms with van der Waals surface area (Å²) in [6.45, 7) is 12.0. The van der Waals surface area contributed by atoms with Crippen molar-refractivity contribution in [3.05, 3.63) is 46.7 Å². The zero-order valence-corrected chi connectivity index (χ0v) is 19.0. The van der Waals surface area contributed by atoms with Crippen LogP contribution in [0.5, 0.6) is 0 Å². The predicted octanol–water partition coefficient (Wildman–Crippen LogP) is 5.67. The van der Waals surface area contributed by atoms with E-state index in [0.717, 1.165) is 11.1 Å². The third kappa shape index (κ3) is 4.43. The first-order chi connectivity index (χ1) is 13.8. The van der Waals surface area contributed by atoms with Crippen LogP contribution in [0.25, 0.3) is 0 Å². The average Bonchev–Trinajstić information content (AvgIpc) is 2.57. The number of aliphatic hydroxyl groups excluding tert-OH is 1. The lowest BCUT2D eigenvalue weighted by Gasteiger charge is -2.39. The molecule has 1 aromatic rings. The number of carbonyl (C=O) groups excluding carboxylic acids is 3. The second-order valence-electron chi connectivity index (χ2n) is 11.0. The first-order valence-electron chi connectivity index (χ1n) is 10.9. The average molecular weight is 411 g/mol. The molecule has 1 aromatic carbocycles. The summed E-state index contributed by atoms with van der Waals surface area (Å²) < 4.78 is 0. The summed E-state index contributed by atoms with van der Waals surface area (Å²) in [5, 5.41) is 10.9. The molecule has 162 valence electrons. The highest BCUT2D eigenvalue weighted by molar-refractivity contribution is 6.09. The summed E-state index contributed by atoms with van der Waals surface area (Å²) in [6, 6.07) is 7.80. The van der Waals surface area contributed by atoms with Crippen molar-refractivity contribution in [2.24, 2.45) is 16.7 Å². The van der Waals surface area contributed by atoms with Gasteiger partial charge in [0.25, 0.3) is 0 Å². The highest BCUT2D eigenvalue weighted by Gasteiger charge is 2.48. The number of benzene rings is 1. The van der Waals surface area contributed by atoms with E-state index >= 15 is 0 Å². The molecule has 0 bridgehead atoms. The SMILES string of the molecule is CC(C)c1ccc([C@H](C2=C(O)CC(C)(C)CC2=O)C2C(=O)CC(C)(C)CC2=O)cc1. The van der Waals surface area contributed by atoms with Gasteiger partial charge in [0.15, 0.2) is 5.78 Å².